The molecule has 0 amide bonds. The fourth-order valence-electron chi connectivity index (χ4n) is 1.17. The van der Waals surface area contributed by atoms with Crippen molar-refractivity contribution in [1.29, 1.82) is 0 Å². The maximum absolute atomic E-state index is 11.3. The minimum Gasteiger partial charge on any atom is -0.493 e. The summed E-state index contributed by atoms with van der Waals surface area (Å²) in [5, 5.41) is 8.67. The largest absolute Gasteiger partial charge is 0.493 e. The molecule has 0 heterocycles. The number of carbonyl (C=O) groups is 1. The third kappa shape index (κ3) is 3.24. The fourth-order valence-corrected chi connectivity index (χ4v) is 1.17. The Morgan fingerprint density at radius 2 is 2.31 bits per heavy atom. The van der Waals surface area contributed by atoms with E-state index in [-0.39, 0.29) is 30.5 Å². The first-order valence-corrected chi connectivity index (χ1v) is 4.91. The lowest BCUT2D eigenvalue weighted by atomic mass is 10.1. The van der Waals surface area contributed by atoms with Crippen LogP contribution in [0, 0.1) is 0 Å². The highest BCUT2D eigenvalue weighted by atomic mass is 16.5. The van der Waals surface area contributed by atoms with Crippen molar-refractivity contribution in [3.8, 4) is 11.5 Å². The number of ketones is 1. The normalized spacial score (nSPS) is 13.5. The van der Waals surface area contributed by atoms with Crippen LogP contribution in [0.3, 0.4) is 0 Å². The van der Waals surface area contributed by atoms with Crippen LogP contribution in [-0.4, -0.2) is 31.1 Å². The van der Waals surface area contributed by atoms with Gasteiger partial charge in [0.25, 0.3) is 0 Å². The van der Waals surface area contributed by atoms with Crippen LogP contribution in [0.25, 0.3) is 0 Å². The summed E-state index contributed by atoms with van der Waals surface area (Å²) in [4.78, 5) is 11.3. The highest BCUT2D eigenvalue weighted by Crippen LogP contribution is 2.28. The number of aliphatic hydroxyl groups is 1. The summed E-state index contributed by atoms with van der Waals surface area (Å²) in [6.45, 7) is 1.58. The third-order valence-electron chi connectivity index (χ3n) is 2.02. The van der Waals surface area contributed by atoms with E-state index in [2.05, 4.69) is 0 Å². The molecule has 0 unspecified atom stereocenters. The van der Waals surface area contributed by atoms with Gasteiger partial charge < -0.3 is 14.6 Å². The quantitative estimate of drug-likeness (QED) is 0.593. The van der Waals surface area contributed by atoms with E-state index in [0.717, 1.165) is 0 Å². The molecule has 4 nitrogen and oxygen atoms in total. The first-order chi connectivity index (χ1) is 8.83. The molecular weight excluding hydrogens is 208 g/mol. The Balaban J connectivity index is 2.97. The van der Waals surface area contributed by atoms with Crippen molar-refractivity contribution in [3.05, 3.63) is 23.8 Å². The van der Waals surface area contributed by atoms with E-state index in [1.807, 2.05) is 0 Å². The molecule has 0 radical (unpaired) electrons. The second-order valence-corrected chi connectivity index (χ2v) is 3.25. The highest BCUT2D eigenvalue weighted by molar-refractivity contribution is 5.94. The number of Topliss-reactive ketones (excluding diaryl/α,β-unsaturated/α-hetero) is 1. The molecule has 1 aromatic rings. The molecule has 0 bridgehead atoms. The summed E-state index contributed by atoms with van der Waals surface area (Å²) in [5.41, 5.74) is 0.341. The van der Waals surface area contributed by atoms with E-state index in [1.54, 1.807) is 0 Å². The predicted molar refractivity (Wildman–Crippen MR) is 60.2 cm³/mol. The van der Waals surface area contributed by atoms with Crippen LogP contribution < -0.4 is 9.47 Å². The SMILES string of the molecule is [2H]C([2H])([2H])Oc1cc(C(C)=O)ccc1OCCCO. The van der Waals surface area contributed by atoms with E-state index in [4.69, 9.17) is 18.7 Å². The molecule has 0 aromatic heterocycles. The van der Waals surface area contributed by atoms with Crippen LogP contribution >= 0.6 is 0 Å². The van der Waals surface area contributed by atoms with Gasteiger partial charge >= 0.3 is 0 Å². The smallest absolute Gasteiger partial charge is 0.161 e. The third-order valence-corrected chi connectivity index (χ3v) is 2.02. The average Bonchev–Trinajstić information content (AvgIpc) is 2.29. The zero-order valence-corrected chi connectivity index (χ0v) is 9.03. The van der Waals surface area contributed by atoms with Crippen molar-refractivity contribution in [2.45, 2.75) is 13.3 Å². The number of methoxy groups -OCH3 is 1. The number of rotatable bonds is 6. The zero-order chi connectivity index (χ0) is 14.5. The maximum atomic E-state index is 11.3. The van der Waals surface area contributed by atoms with Gasteiger partial charge in [0.15, 0.2) is 17.3 Å². The lowest BCUT2D eigenvalue weighted by Crippen LogP contribution is -2.02. The number of benzene rings is 1. The molecular formula is C12H16O4. The van der Waals surface area contributed by atoms with E-state index in [0.29, 0.717) is 12.0 Å². The van der Waals surface area contributed by atoms with Crippen molar-refractivity contribution in [2.75, 3.05) is 20.3 Å². The van der Waals surface area contributed by atoms with E-state index >= 15 is 0 Å². The van der Waals surface area contributed by atoms with Crippen LogP contribution in [0.2, 0.25) is 0 Å². The summed E-state index contributed by atoms with van der Waals surface area (Å²) < 4.78 is 31.4. The van der Waals surface area contributed by atoms with Gasteiger partial charge in [-0.05, 0) is 25.1 Å². The van der Waals surface area contributed by atoms with E-state index in [1.165, 1.54) is 25.1 Å². The monoisotopic (exact) mass is 227 g/mol. The predicted octanol–water partition coefficient (Wildman–Crippen LogP) is 1.66. The van der Waals surface area contributed by atoms with Gasteiger partial charge in [-0.15, -0.1) is 0 Å². The molecule has 1 rings (SSSR count). The molecule has 0 spiro atoms. The molecule has 0 atom stereocenters. The van der Waals surface area contributed by atoms with Crippen molar-refractivity contribution in [1.82, 2.24) is 0 Å². The molecule has 0 fully saturated rings. The molecule has 0 saturated carbocycles. The van der Waals surface area contributed by atoms with Gasteiger partial charge in [-0.2, -0.15) is 0 Å². The Bertz CT molecular complexity index is 443. The zero-order valence-electron chi connectivity index (χ0n) is 12.0. The van der Waals surface area contributed by atoms with Crippen molar-refractivity contribution in [3.63, 3.8) is 0 Å². The van der Waals surface area contributed by atoms with Gasteiger partial charge in [-0.1, -0.05) is 0 Å². The molecule has 0 aliphatic heterocycles. The van der Waals surface area contributed by atoms with Crippen molar-refractivity contribution in [2.24, 2.45) is 0 Å². The summed E-state index contributed by atoms with van der Waals surface area (Å²) in [7, 11) is -2.62. The highest BCUT2D eigenvalue weighted by Gasteiger charge is 2.07. The number of hydrogen-bond donors (Lipinski definition) is 1. The van der Waals surface area contributed by atoms with Crippen LogP contribution in [-0.2, 0) is 0 Å². The summed E-state index contributed by atoms with van der Waals surface area (Å²) in [6.07, 6.45) is 0.418. The van der Waals surface area contributed by atoms with Gasteiger partial charge in [-0.25, -0.2) is 0 Å². The number of aliphatic hydroxyl groups excluding tert-OH is 1. The second kappa shape index (κ2) is 6.12. The van der Waals surface area contributed by atoms with E-state index < -0.39 is 7.04 Å². The molecule has 0 aliphatic carbocycles. The Labute approximate surface area is 99.0 Å². The van der Waals surface area contributed by atoms with Gasteiger partial charge in [0.2, 0.25) is 0 Å². The van der Waals surface area contributed by atoms with Crippen LogP contribution in [0.4, 0.5) is 0 Å². The summed E-state index contributed by atoms with van der Waals surface area (Å²) in [6, 6.07) is 4.35. The lowest BCUT2D eigenvalue weighted by Gasteiger charge is -2.10. The van der Waals surface area contributed by atoms with Crippen LogP contribution in [0.5, 0.6) is 11.5 Å². The maximum Gasteiger partial charge on any atom is 0.161 e. The number of hydrogen-bond acceptors (Lipinski definition) is 4. The van der Waals surface area contributed by atoms with Crippen molar-refractivity contribution >= 4 is 5.78 Å². The Hall–Kier alpha value is -1.55. The number of ether oxygens (including phenoxy) is 2. The van der Waals surface area contributed by atoms with Gasteiger partial charge in [0.05, 0.1) is 17.8 Å². The van der Waals surface area contributed by atoms with Crippen LogP contribution in [0.1, 0.15) is 27.8 Å². The Morgan fingerprint density at radius 3 is 2.94 bits per heavy atom. The molecule has 1 N–H and O–H groups in total. The minimum atomic E-state index is -2.62. The fraction of sp³-hybridized carbons (Fsp3) is 0.417. The molecule has 0 aliphatic rings. The minimum absolute atomic E-state index is 0.00867. The van der Waals surface area contributed by atoms with Crippen molar-refractivity contribution < 1.29 is 23.5 Å². The summed E-state index contributed by atoms with van der Waals surface area (Å²) in [5.74, 6) is 0.0255. The molecule has 0 saturated heterocycles. The molecule has 88 valence electrons. The summed E-state index contributed by atoms with van der Waals surface area (Å²) >= 11 is 0. The second-order valence-electron chi connectivity index (χ2n) is 3.25. The van der Waals surface area contributed by atoms with Gasteiger partial charge in [0, 0.05) is 18.6 Å². The molecule has 4 heteroatoms. The first-order valence-electron chi connectivity index (χ1n) is 6.41. The van der Waals surface area contributed by atoms with Gasteiger partial charge in [0.1, 0.15) is 0 Å². The average molecular weight is 227 g/mol. The Kier molecular flexibility index (Phi) is 3.29. The molecule has 16 heavy (non-hydrogen) atoms. The number of carbonyl (C=O) groups excluding carboxylic acids is 1. The molecule has 1 aromatic carbocycles. The topological polar surface area (TPSA) is 55.8 Å². The first kappa shape index (κ1) is 8.58. The van der Waals surface area contributed by atoms with E-state index in [9.17, 15) is 4.79 Å². The lowest BCUT2D eigenvalue weighted by molar-refractivity contribution is 0.101. The standard InChI is InChI=1S/C12H16O4/c1-9(14)10-4-5-11(12(8-10)15-2)16-7-3-6-13/h4-5,8,13H,3,6-7H2,1-2H3/i2D3. The Morgan fingerprint density at radius 1 is 1.50 bits per heavy atom. The van der Waals surface area contributed by atoms with Crippen LogP contribution in [0.15, 0.2) is 18.2 Å². The van der Waals surface area contributed by atoms with Gasteiger partial charge in [-0.3, -0.25) is 4.79 Å².